The number of carbonyl (C=O) groups is 1. The largest absolute Gasteiger partial charge is 0.497 e. The number of ether oxygens (including phenoxy) is 1. The number of fused-ring (bicyclic) bond motifs is 1. The summed E-state index contributed by atoms with van der Waals surface area (Å²) in [7, 11) is 1.66. The third-order valence-corrected chi connectivity index (χ3v) is 3.46. The van der Waals surface area contributed by atoms with Crippen LogP contribution in [0.25, 0.3) is 11.1 Å². The second-order valence-corrected chi connectivity index (χ2v) is 4.49. The van der Waals surface area contributed by atoms with E-state index in [9.17, 15) is 4.79 Å². The van der Waals surface area contributed by atoms with E-state index in [1.807, 2.05) is 30.3 Å². The maximum atomic E-state index is 11.7. The zero-order valence-corrected chi connectivity index (χ0v) is 10.3. The Morgan fingerprint density at radius 1 is 1.00 bits per heavy atom. The third kappa shape index (κ3) is 1.70. The van der Waals surface area contributed by atoms with Crippen molar-refractivity contribution in [2.24, 2.45) is 0 Å². The summed E-state index contributed by atoms with van der Waals surface area (Å²) < 4.78 is 5.25. The molecule has 2 heteroatoms. The minimum Gasteiger partial charge on any atom is -0.497 e. The molecular formula is C16H14O2. The van der Waals surface area contributed by atoms with Gasteiger partial charge in [0.05, 0.1) is 7.11 Å². The third-order valence-electron chi connectivity index (χ3n) is 3.46. The van der Waals surface area contributed by atoms with Crippen LogP contribution in [-0.4, -0.2) is 12.9 Å². The average Bonchev–Trinajstić information content (AvgIpc) is 2.81. The Balaban J connectivity index is 2.15. The van der Waals surface area contributed by atoms with Gasteiger partial charge >= 0.3 is 0 Å². The molecule has 0 saturated heterocycles. The molecule has 0 aliphatic heterocycles. The summed E-state index contributed by atoms with van der Waals surface area (Å²) in [4.78, 5) is 11.7. The summed E-state index contributed by atoms with van der Waals surface area (Å²) in [6, 6.07) is 13.9. The summed E-state index contributed by atoms with van der Waals surface area (Å²) >= 11 is 0. The van der Waals surface area contributed by atoms with E-state index in [2.05, 4.69) is 12.1 Å². The van der Waals surface area contributed by atoms with E-state index in [-0.39, 0.29) is 5.78 Å². The first kappa shape index (κ1) is 11.0. The van der Waals surface area contributed by atoms with Crippen LogP contribution in [0.3, 0.4) is 0 Å². The van der Waals surface area contributed by atoms with Crippen molar-refractivity contribution in [2.45, 2.75) is 12.8 Å². The number of Topliss-reactive ketones (excluding diaryl/α,β-unsaturated/α-hetero) is 1. The molecule has 0 saturated carbocycles. The van der Waals surface area contributed by atoms with Crippen LogP contribution in [0.2, 0.25) is 0 Å². The molecule has 18 heavy (non-hydrogen) atoms. The van der Waals surface area contributed by atoms with Gasteiger partial charge in [-0.25, -0.2) is 0 Å². The topological polar surface area (TPSA) is 26.3 Å². The summed E-state index contributed by atoms with van der Waals surface area (Å²) in [5.74, 6) is 1.10. The van der Waals surface area contributed by atoms with Gasteiger partial charge in [0.2, 0.25) is 0 Å². The Morgan fingerprint density at radius 2 is 1.78 bits per heavy atom. The van der Waals surface area contributed by atoms with Crippen LogP contribution >= 0.6 is 0 Å². The van der Waals surface area contributed by atoms with Crippen LogP contribution in [-0.2, 0) is 6.42 Å². The fraction of sp³-hybridized carbons (Fsp3) is 0.188. The molecule has 0 heterocycles. The van der Waals surface area contributed by atoms with Crippen molar-refractivity contribution in [3.05, 3.63) is 53.6 Å². The van der Waals surface area contributed by atoms with Gasteiger partial charge in [-0.15, -0.1) is 0 Å². The summed E-state index contributed by atoms with van der Waals surface area (Å²) in [6.07, 6.45) is 1.48. The first-order valence-electron chi connectivity index (χ1n) is 6.09. The summed E-state index contributed by atoms with van der Waals surface area (Å²) in [5, 5.41) is 0. The Bertz CT molecular complexity index is 614. The lowest BCUT2D eigenvalue weighted by molar-refractivity contribution is 0.0994. The van der Waals surface area contributed by atoms with Gasteiger partial charge in [0, 0.05) is 12.0 Å². The van der Waals surface area contributed by atoms with E-state index in [0.717, 1.165) is 28.9 Å². The molecule has 1 aliphatic carbocycles. The molecule has 0 amide bonds. The predicted octanol–water partition coefficient (Wildman–Crippen LogP) is 3.49. The number of ketones is 1. The minimum absolute atomic E-state index is 0.259. The lowest BCUT2D eigenvalue weighted by Crippen LogP contribution is -1.92. The highest BCUT2D eigenvalue weighted by molar-refractivity contribution is 6.02. The number of hydrogen-bond acceptors (Lipinski definition) is 2. The molecule has 0 aromatic heterocycles. The molecule has 0 bridgehead atoms. The van der Waals surface area contributed by atoms with Crippen molar-refractivity contribution in [1.82, 2.24) is 0 Å². The van der Waals surface area contributed by atoms with E-state index in [1.54, 1.807) is 7.11 Å². The second kappa shape index (κ2) is 4.30. The van der Waals surface area contributed by atoms with E-state index in [4.69, 9.17) is 4.74 Å². The Labute approximate surface area is 106 Å². The lowest BCUT2D eigenvalue weighted by Gasteiger charge is -2.09. The molecule has 2 nitrogen and oxygen atoms in total. The van der Waals surface area contributed by atoms with Crippen molar-refractivity contribution in [3.63, 3.8) is 0 Å². The number of carbonyl (C=O) groups excluding carboxylic acids is 1. The molecule has 90 valence electrons. The highest BCUT2D eigenvalue weighted by Gasteiger charge is 2.22. The van der Waals surface area contributed by atoms with Crippen molar-refractivity contribution in [3.8, 4) is 16.9 Å². The molecule has 0 atom stereocenters. The summed E-state index contributed by atoms with van der Waals surface area (Å²) in [5.41, 5.74) is 4.32. The number of hydrogen-bond donors (Lipinski definition) is 0. The van der Waals surface area contributed by atoms with E-state index >= 15 is 0 Å². The van der Waals surface area contributed by atoms with E-state index in [0.29, 0.717) is 6.42 Å². The van der Waals surface area contributed by atoms with Crippen molar-refractivity contribution >= 4 is 5.78 Å². The number of rotatable bonds is 2. The van der Waals surface area contributed by atoms with Gasteiger partial charge in [0.1, 0.15) is 5.75 Å². The van der Waals surface area contributed by atoms with Crippen molar-refractivity contribution < 1.29 is 9.53 Å². The number of methoxy groups -OCH3 is 1. The molecule has 0 spiro atoms. The van der Waals surface area contributed by atoms with Crippen LogP contribution < -0.4 is 4.74 Å². The average molecular weight is 238 g/mol. The van der Waals surface area contributed by atoms with Crippen molar-refractivity contribution in [2.75, 3.05) is 7.11 Å². The Kier molecular flexibility index (Phi) is 2.63. The molecule has 0 fully saturated rings. The van der Waals surface area contributed by atoms with Gasteiger partial charge in [0.25, 0.3) is 0 Å². The van der Waals surface area contributed by atoms with Gasteiger partial charge in [0.15, 0.2) is 5.78 Å². The fourth-order valence-corrected chi connectivity index (χ4v) is 2.55. The minimum atomic E-state index is 0.259. The predicted molar refractivity (Wildman–Crippen MR) is 71.1 cm³/mol. The maximum Gasteiger partial charge on any atom is 0.163 e. The van der Waals surface area contributed by atoms with Gasteiger partial charge < -0.3 is 4.74 Å². The first-order valence-corrected chi connectivity index (χ1v) is 6.09. The Morgan fingerprint density at radius 3 is 2.61 bits per heavy atom. The lowest BCUT2D eigenvalue weighted by atomic mass is 9.97. The quantitative estimate of drug-likeness (QED) is 0.800. The summed E-state index contributed by atoms with van der Waals surface area (Å²) in [6.45, 7) is 0. The highest BCUT2D eigenvalue weighted by atomic mass is 16.5. The molecule has 0 N–H and O–H groups in total. The second-order valence-electron chi connectivity index (χ2n) is 4.49. The normalized spacial score (nSPS) is 13.5. The molecule has 0 radical (unpaired) electrons. The molecule has 2 aromatic rings. The first-order chi connectivity index (χ1) is 8.79. The zero-order valence-electron chi connectivity index (χ0n) is 10.3. The smallest absolute Gasteiger partial charge is 0.163 e. The monoisotopic (exact) mass is 238 g/mol. The van der Waals surface area contributed by atoms with Gasteiger partial charge in [-0.1, -0.05) is 30.3 Å². The molecule has 3 rings (SSSR count). The highest BCUT2D eigenvalue weighted by Crippen LogP contribution is 2.33. The van der Waals surface area contributed by atoms with Crippen molar-refractivity contribution in [1.29, 1.82) is 0 Å². The van der Waals surface area contributed by atoms with Crippen LogP contribution in [0.4, 0.5) is 0 Å². The van der Waals surface area contributed by atoms with Crippen LogP contribution in [0.5, 0.6) is 5.75 Å². The SMILES string of the molecule is COc1cccc(-c2cccc3c2CCC3=O)c1. The van der Waals surface area contributed by atoms with Gasteiger partial charge in [-0.3, -0.25) is 4.79 Å². The van der Waals surface area contributed by atoms with Gasteiger partial charge in [-0.05, 0) is 35.2 Å². The van der Waals surface area contributed by atoms with Crippen LogP contribution in [0.1, 0.15) is 22.3 Å². The zero-order chi connectivity index (χ0) is 12.5. The van der Waals surface area contributed by atoms with E-state index < -0.39 is 0 Å². The fourth-order valence-electron chi connectivity index (χ4n) is 2.55. The Hall–Kier alpha value is -2.09. The van der Waals surface area contributed by atoms with Gasteiger partial charge in [-0.2, -0.15) is 0 Å². The maximum absolute atomic E-state index is 11.7. The van der Waals surface area contributed by atoms with Crippen LogP contribution in [0, 0.1) is 0 Å². The van der Waals surface area contributed by atoms with E-state index in [1.165, 1.54) is 5.56 Å². The molecular weight excluding hydrogens is 224 g/mol. The number of benzene rings is 2. The molecule has 2 aromatic carbocycles. The van der Waals surface area contributed by atoms with Crippen LogP contribution in [0.15, 0.2) is 42.5 Å². The standard InChI is InChI=1S/C16H14O2/c1-18-12-5-2-4-11(10-12)13-6-3-7-15-14(13)8-9-16(15)17/h2-7,10H,8-9H2,1H3. The molecule has 1 aliphatic rings. The molecule has 0 unspecified atom stereocenters.